The van der Waals surface area contributed by atoms with E-state index in [9.17, 15) is 0 Å². The summed E-state index contributed by atoms with van der Waals surface area (Å²) in [6.07, 6.45) is 9.05. The molecule has 0 radical (unpaired) electrons. The van der Waals surface area contributed by atoms with Gasteiger partial charge in [0.2, 0.25) is 0 Å². The molecule has 2 atom stereocenters. The standard InChI is InChI=1S/C40H26N2O/c1-2-12-27(13-3-1)41-35-16-8-6-14-29(35)31-22-28(18-19-37(31)41)42-36-17-9-7-15-30(36)32-23-34-33-20-25-10-4-5-11-26(25)21-39(33)43-40(34)24-38(32)42/h1-24,29,35H. The molecule has 3 nitrogen and oxygen atoms in total. The van der Waals surface area contributed by atoms with Crippen molar-refractivity contribution >= 4 is 65.9 Å². The number of hydrogen-bond acceptors (Lipinski definition) is 2. The fourth-order valence-electron chi connectivity index (χ4n) is 7.56. The Morgan fingerprint density at radius 1 is 0.512 bits per heavy atom. The van der Waals surface area contributed by atoms with Gasteiger partial charge in [-0.2, -0.15) is 0 Å². The number of anilines is 2. The molecular weight excluding hydrogens is 524 g/mol. The number of aromatic nitrogens is 1. The lowest BCUT2D eigenvalue weighted by Gasteiger charge is -2.28. The third-order valence-electron chi connectivity index (χ3n) is 9.46. The van der Waals surface area contributed by atoms with Gasteiger partial charge in [0.25, 0.3) is 0 Å². The summed E-state index contributed by atoms with van der Waals surface area (Å²) in [6.45, 7) is 0. The molecular formula is C40H26N2O. The highest BCUT2D eigenvalue weighted by Crippen LogP contribution is 2.49. The van der Waals surface area contributed by atoms with Crippen molar-refractivity contribution < 1.29 is 4.42 Å². The van der Waals surface area contributed by atoms with Gasteiger partial charge in [-0.3, -0.25) is 0 Å². The highest BCUT2D eigenvalue weighted by atomic mass is 16.3. The maximum atomic E-state index is 6.53. The van der Waals surface area contributed by atoms with Gasteiger partial charge in [0.15, 0.2) is 0 Å². The molecule has 6 aromatic carbocycles. The van der Waals surface area contributed by atoms with Crippen molar-refractivity contribution in [1.29, 1.82) is 0 Å². The second kappa shape index (κ2) is 8.50. The number of hydrogen-bond donors (Lipinski definition) is 0. The Labute approximate surface area is 248 Å². The molecule has 2 unspecified atom stereocenters. The number of para-hydroxylation sites is 2. The van der Waals surface area contributed by atoms with Gasteiger partial charge in [-0.15, -0.1) is 0 Å². The number of nitrogens with zero attached hydrogens (tertiary/aromatic N) is 2. The van der Waals surface area contributed by atoms with Gasteiger partial charge in [0.05, 0.1) is 17.1 Å². The van der Waals surface area contributed by atoms with Crippen LogP contribution >= 0.6 is 0 Å². The number of benzene rings is 6. The average Bonchev–Trinajstić information content (AvgIpc) is 3.69. The molecule has 202 valence electrons. The normalized spacial score (nSPS) is 17.5. The van der Waals surface area contributed by atoms with Crippen LogP contribution in [-0.2, 0) is 0 Å². The van der Waals surface area contributed by atoms with Gasteiger partial charge in [0, 0.05) is 50.6 Å². The van der Waals surface area contributed by atoms with Crippen LogP contribution < -0.4 is 4.90 Å². The van der Waals surface area contributed by atoms with Crippen LogP contribution in [0, 0.1) is 0 Å². The molecule has 10 rings (SSSR count). The van der Waals surface area contributed by atoms with E-state index in [1.807, 2.05) is 0 Å². The number of fused-ring (bicyclic) bond motifs is 10. The Balaban J connectivity index is 1.22. The molecule has 3 heterocycles. The first-order valence-corrected chi connectivity index (χ1v) is 14.9. The van der Waals surface area contributed by atoms with Crippen LogP contribution in [0.3, 0.4) is 0 Å². The lowest BCUT2D eigenvalue weighted by atomic mass is 9.91. The van der Waals surface area contributed by atoms with Crippen molar-refractivity contribution in [3.63, 3.8) is 0 Å². The van der Waals surface area contributed by atoms with E-state index in [0.29, 0.717) is 5.92 Å². The van der Waals surface area contributed by atoms with E-state index < -0.39 is 0 Å². The Bertz CT molecular complexity index is 2480. The van der Waals surface area contributed by atoms with E-state index in [1.165, 1.54) is 49.7 Å². The van der Waals surface area contributed by atoms with Crippen molar-refractivity contribution in [3.8, 4) is 5.69 Å². The van der Waals surface area contributed by atoms with Gasteiger partial charge >= 0.3 is 0 Å². The third-order valence-corrected chi connectivity index (χ3v) is 9.46. The molecule has 2 aliphatic rings. The van der Waals surface area contributed by atoms with E-state index in [2.05, 4.69) is 155 Å². The molecule has 0 saturated carbocycles. The molecule has 8 aromatic rings. The summed E-state index contributed by atoms with van der Waals surface area (Å²) in [7, 11) is 0. The molecule has 1 aliphatic heterocycles. The van der Waals surface area contributed by atoms with Crippen LogP contribution in [-0.4, -0.2) is 10.6 Å². The number of furan rings is 1. The lowest BCUT2D eigenvalue weighted by Crippen LogP contribution is -2.28. The van der Waals surface area contributed by atoms with E-state index in [1.54, 1.807) is 0 Å². The molecule has 0 N–H and O–H groups in total. The second-order valence-electron chi connectivity index (χ2n) is 11.8. The van der Waals surface area contributed by atoms with E-state index in [4.69, 9.17) is 4.42 Å². The molecule has 0 spiro atoms. The molecule has 3 heteroatoms. The van der Waals surface area contributed by atoms with Gasteiger partial charge < -0.3 is 13.9 Å². The minimum Gasteiger partial charge on any atom is -0.456 e. The maximum absolute atomic E-state index is 6.53. The predicted octanol–water partition coefficient (Wildman–Crippen LogP) is 10.6. The number of rotatable bonds is 2. The molecule has 0 saturated heterocycles. The summed E-state index contributed by atoms with van der Waals surface area (Å²) >= 11 is 0. The van der Waals surface area contributed by atoms with Crippen LogP contribution in [0.25, 0.3) is 60.2 Å². The lowest BCUT2D eigenvalue weighted by molar-refractivity contribution is 0.670. The SMILES string of the molecule is C1=CC2c3cc(-n4c5ccccc5c5cc6c(cc54)oc4cc5ccccc5cc46)ccc3N(c3ccccc3)C2C=C1. The Morgan fingerprint density at radius 3 is 2.16 bits per heavy atom. The highest BCUT2D eigenvalue weighted by molar-refractivity contribution is 6.18. The highest BCUT2D eigenvalue weighted by Gasteiger charge is 2.37. The van der Waals surface area contributed by atoms with Crippen molar-refractivity contribution in [2.24, 2.45) is 0 Å². The smallest absolute Gasteiger partial charge is 0.137 e. The van der Waals surface area contributed by atoms with Crippen LogP contribution in [0.5, 0.6) is 0 Å². The average molecular weight is 551 g/mol. The first-order valence-electron chi connectivity index (χ1n) is 14.9. The largest absolute Gasteiger partial charge is 0.456 e. The zero-order chi connectivity index (χ0) is 28.1. The van der Waals surface area contributed by atoms with Crippen LogP contribution in [0.2, 0.25) is 0 Å². The van der Waals surface area contributed by atoms with E-state index >= 15 is 0 Å². The summed E-state index contributed by atoms with van der Waals surface area (Å²) in [5.41, 5.74) is 9.23. The van der Waals surface area contributed by atoms with Gasteiger partial charge in [-0.05, 0) is 70.9 Å². The third kappa shape index (κ3) is 3.19. The molecule has 0 bridgehead atoms. The van der Waals surface area contributed by atoms with Gasteiger partial charge in [-0.25, -0.2) is 0 Å². The molecule has 0 fully saturated rings. The zero-order valence-electron chi connectivity index (χ0n) is 23.3. The molecule has 2 aromatic heterocycles. The van der Waals surface area contributed by atoms with E-state index in [-0.39, 0.29) is 6.04 Å². The monoisotopic (exact) mass is 550 g/mol. The van der Waals surface area contributed by atoms with Gasteiger partial charge in [0.1, 0.15) is 11.2 Å². The quantitative estimate of drug-likeness (QED) is 0.213. The van der Waals surface area contributed by atoms with Crippen molar-refractivity contribution in [1.82, 2.24) is 4.57 Å². The number of allylic oxidation sites excluding steroid dienone is 2. The summed E-state index contributed by atoms with van der Waals surface area (Å²) in [4.78, 5) is 2.48. The fourth-order valence-corrected chi connectivity index (χ4v) is 7.56. The minimum absolute atomic E-state index is 0.265. The first kappa shape index (κ1) is 23.1. The fraction of sp³-hybridized carbons (Fsp3) is 0.0500. The summed E-state index contributed by atoms with van der Waals surface area (Å²) in [6, 6.07) is 44.3. The van der Waals surface area contributed by atoms with Crippen LogP contribution in [0.1, 0.15) is 11.5 Å². The minimum atomic E-state index is 0.265. The topological polar surface area (TPSA) is 21.3 Å². The van der Waals surface area contributed by atoms with Crippen LogP contribution in [0.15, 0.2) is 150 Å². The zero-order valence-corrected chi connectivity index (χ0v) is 23.3. The van der Waals surface area contributed by atoms with Gasteiger partial charge in [-0.1, -0.05) is 85.0 Å². The van der Waals surface area contributed by atoms with Crippen molar-refractivity contribution in [2.45, 2.75) is 12.0 Å². The molecule has 43 heavy (non-hydrogen) atoms. The van der Waals surface area contributed by atoms with Crippen LogP contribution in [0.4, 0.5) is 11.4 Å². The second-order valence-corrected chi connectivity index (χ2v) is 11.8. The summed E-state index contributed by atoms with van der Waals surface area (Å²) in [5.74, 6) is 0.296. The van der Waals surface area contributed by atoms with E-state index in [0.717, 1.165) is 27.5 Å². The predicted molar refractivity (Wildman–Crippen MR) is 179 cm³/mol. The maximum Gasteiger partial charge on any atom is 0.137 e. The first-order chi connectivity index (χ1) is 21.3. The summed E-state index contributed by atoms with van der Waals surface area (Å²) < 4.78 is 8.94. The Kier molecular flexibility index (Phi) is 4.56. The summed E-state index contributed by atoms with van der Waals surface area (Å²) in [5, 5.41) is 7.23. The molecule has 0 amide bonds. The Morgan fingerprint density at radius 2 is 1.26 bits per heavy atom. The van der Waals surface area contributed by atoms with Crippen molar-refractivity contribution in [2.75, 3.05) is 4.90 Å². The van der Waals surface area contributed by atoms with Crippen molar-refractivity contribution in [3.05, 3.63) is 151 Å². The molecule has 1 aliphatic carbocycles. The Hall–Kier alpha value is -5.54.